The van der Waals surface area contributed by atoms with E-state index in [0.29, 0.717) is 33.2 Å². The predicted molar refractivity (Wildman–Crippen MR) is 205 cm³/mol. The number of benzene rings is 3. The number of carboxylic acid groups (broad SMARTS) is 1. The van der Waals surface area contributed by atoms with E-state index in [1.807, 2.05) is 31.4 Å². The Morgan fingerprint density at radius 1 is 1.04 bits per heavy atom. The van der Waals surface area contributed by atoms with Crippen molar-refractivity contribution < 1.29 is 29.6 Å². The third kappa shape index (κ3) is 9.28. The van der Waals surface area contributed by atoms with Gasteiger partial charge in [-0.15, -0.1) is 0 Å². The molecule has 0 radical (unpaired) electrons. The van der Waals surface area contributed by atoms with Crippen LogP contribution in [-0.2, 0) is 31.1 Å². The number of aryl methyl sites for hydroxylation is 1. The predicted octanol–water partition coefficient (Wildman–Crippen LogP) is 5.20. The van der Waals surface area contributed by atoms with Gasteiger partial charge in [0.25, 0.3) is 0 Å². The Hall–Kier alpha value is -5.23. The molecule has 14 heteroatoms. The number of aliphatic carboxylic acids is 1. The number of aromatic nitrogens is 3. The molecular weight excluding hydrogens is 710 g/mol. The van der Waals surface area contributed by atoms with Crippen LogP contribution in [0.2, 0.25) is 5.02 Å². The Morgan fingerprint density at radius 3 is 2.59 bits per heavy atom. The van der Waals surface area contributed by atoms with Gasteiger partial charge in [0.15, 0.2) is 0 Å². The quantitative estimate of drug-likeness (QED) is 0.0740. The molecule has 0 saturated carbocycles. The number of carboxylic acids is 1. The van der Waals surface area contributed by atoms with E-state index in [4.69, 9.17) is 26.2 Å². The van der Waals surface area contributed by atoms with Crippen molar-refractivity contribution in [2.45, 2.75) is 57.7 Å². The molecule has 54 heavy (non-hydrogen) atoms. The minimum absolute atomic E-state index is 0.0427. The number of likely N-dealkylation sites (tertiary alicyclic amines) is 1. The first-order valence-electron chi connectivity index (χ1n) is 17.9. The summed E-state index contributed by atoms with van der Waals surface area (Å²) in [4.78, 5) is 17.9. The SMILES string of the molecule is CNc1c(COc2cc(OCc3cncc(C#N)c3)c(CN[C@@H](CO)C(=O)O)cc2Cl)cccc1-c1cccc2c1cnn2CCCCN1CCC(O)C1. The van der Waals surface area contributed by atoms with Crippen molar-refractivity contribution in [3.8, 4) is 28.7 Å². The monoisotopic (exact) mass is 753 g/mol. The van der Waals surface area contributed by atoms with Crippen LogP contribution in [0.15, 0.2) is 73.2 Å². The highest BCUT2D eigenvalue weighted by molar-refractivity contribution is 6.32. The number of rotatable bonds is 18. The summed E-state index contributed by atoms with van der Waals surface area (Å²) < 4.78 is 14.5. The second-order valence-electron chi connectivity index (χ2n) is 13.3. The van der Waals surface area contributed by atoms with Crippen molar-refractivity contribution in [3.05, 3.63) is 100 Å². The second-order valence-corrected chi connectivity index (χ2v) is 13.7. The van der Waals surface area contributed by atoms with Crippen molar-refractivity contribution in [2.24, 2.45) is 0 Å². The number of nitriles is 1. The lowest BCUT2D eigenvalue weighted by atomic mass is 9.97. The van der Waals surface area contributed by atoms with Crippen molar-refractivity contribution in [3.63, 3.8) is 0 Å². The number of aliphatic hydroxyl groups is 2. The number of nitrogens with one attached hydrogen (secondary N) is 2. The largest absolute Gasteiger partial charge is 0.488 e. The van der Waals surface area contributed by atoms with Gasteiger partial charge in [0.05, 0.1) is 35.0 Å². The number of anilines is 1. The van der Waals surface area contributed by atoms with Crippen LogP contribution in [0.5, 0.6) is 11.5 Å². The van der Waals surface area contributed by atoms with Gasteiger partial charge in [0.1, 0.15) is 36.8 Å². The van der Waals surface area contributed by atoms with Crippen LogP contribution in [0, 0.1) is 11.3 Å². The first-order valence-corrected chi connectivity index (χ1v) is 18.3. The molecule has 282 valence electrons. The number of nitrogens with zero attached hydrogens (tertiary/aromatic N) is 5. The molecule has 0 spiro atoms. The van der Waals surface area contributed by atoms with Gasteiger partial charge in [0, 0.05) is 85.0 Å². The zero-order valence-corrected chi connectivity index (χ0v) is 30.8. The average molecular weight is 754 g/mol. The topological polar surface area (TPSA) is 178 Å². The third-order valence-corrected chi connectivity index (χ3v) is 9.85. The van der Waals surface area contributed by atoms with Crippen LogP contribution in [0.25, 0.3) is 22.0 Å². The minimum atomic E-state index is -1.19. The molecule has 0 aliphatic carbocycles. The van der Waals surface area contributed by atoms with Gasteiger partial charge >= 0.3 is 5.97 Å². The van der Waals surface area contributed by atoms with E-state index in [1.165, 1.54) is 6.20 Å². The van der Waals surface area contributed by atoms with Gasteiger partial charge in [-0.25, -0.2) is 0 Å². The van der Waals surface area contributed by atoms with Gasteiger partial charge < -0.3 is 35.0 Å². The maximum Gasteiger partial charge on any atom is 0.323 e. The molecular formula is C40H44ClN7O6. The van der Waals surface area contributed by atoms with E-state index >= 15 is 0 Å². The van der Waals surface area contributed by atoms with E-state index in [9.17, 15) is 25.4 Å². The Balaban J connectivity index is 1.20. The number of ether oxygens (including phenoxy) is 2. The summed E-state index contributed by atoms with van der Waals surface area (Å²) >= 11 is 6.73. The third-order valence-electron chi connectivity index (χ3n) is 9.56. The summed E-state index contributed by atoms with van der Waals surface area (Å²) in [5.74, 6) is -0.454. The van der Waals surface area contributed by atoms with E-state index in [2.05, 4.69) is 49.5 Å². The Bertz CT molecular complexity index is 2120. The molecule has 1 aliphatic rings. The molecule has 13 nitrogen and oxygen atoms in total. The van der Waals surface area contributed by atoms with Crippen LogP contribution in [0.1, 0.15) is 41.5 Å². The molecule has 0 amide bonds. The number of aliphatic hydroxyl groups excluding tert-OH is 2. The van der Waals surface area contributed by atoms with Crippen LogP contribution >= 0.6 is 11.6 Å². The lowest BCUT2D eigenvalue weighted by molar-refractivity contribution is -0.140. The number of β-amino-alcohol motifs (C(OH)–C–C–N with tert-alkyl or cyclic N) is 1. The van der Waals surface area contributed by atoms with E-state index in [0.717, 1.165) is 78.7 Å². The number of fused-ring (bicyclic) bond motifs is 1. The van der Waals surface area contributed by atoms with Gasteiger partial charge in [-0.3, -0.25) is 19.8 Å². The van der Waals surface area contributed by atoms with Crippen LogP contribution < -0.4 is 20.1 Å². The van der Waals surface area contributed by atoms with Crippen LogP contribution in [-0.4, -0.2) is 86.4 Å². The highest BCUT2D eigenvalue weighted by Gasteiger charge is 2.21. The summed E-state index contributed by atoms with van der Waals surface area (Å²) in [6, 6.07) is 18.1. The number of hydrogen-bond acceptors (Lipinski definition) is 11. The molecule has 5 N–H and O–H groups in total. The van der Waals surface area contributed by atoms with Gasteiger partial charge in [0.2, 0.25) is 0 Å². The zero-order valence-electron chi connectivity index (χ0n) is 30.0. The second kappa shape index (κ2) is 18.2. The summed E-state index contributed by atoms with van der Waals surface area (Å²) in [5, 5.41) is 50.3. The number of carbonyl (C=O) groups is 1. The number of pyridine rings is 1. The molecule has 5 aromatic rings. The Morgan fingerprint density at radius 2 is 1.83 bits per heavy atom. The fourth-order valence-electron chi connectivity index (χ4n) is 6.74. The first kappa shape index (κ1) is 38.5. The molecule has 2 atom stereocenters. The first-order chi connectivity index (χ1) is 26.3. The van der Waals surface area contributed by atoms with Gasteiger partial charge in [-0.05, 0) is 49.6 Å². The fourth-order valence-corrected chi connectivity index (χ4v) is 6.98. The van der Waals surface area contributed by atoms with Crippen LogP contribution in [0.4, 0.5) is 5.69 Å². The molecule has 1 unspecified atom stereocenters. The number of halogens is 1. The van der Waals surface area contributed by atoms with Crippen molar-refractivity contribution >= 4 is 34.2 Å². The highest BCUT2D eigenvalue weighted by atomic mass is 35.5. The average Bonchev–Trinajstić information content (AvgIpc) is 3.80. The molecule has 1 saturated heterocycles. The van der Waals surface area contributed by atoms with Crippen molar-refractivity contribution in [1.29, 1.82) is 5.26 Å². The maximum atomic E-state index is 11.5. The zero-order chi connectivity index (χ0) is 38.0. The van der Waals surface area contributed by atoms with Crippen LogP contribution in [0.3, 0.4) is 0 Å². The van der Waals surface area contributed by atoms with E-state index < -0.39 is 18.6 Å². The van der Waals surface area contributed by atoms with E-state index in [1.54, 1.807) is 24.4 Å². The molecule has 3 aromatic carbocycles. The minimum Gasteiger partial charge on any atom is -0.488 e. The summed E-state index contributed by atoms with van der Waals surface area (Å²) in [5.41, 5.74) is 6.50. The highest BCUT2D eigenvalue weighted by Crippen LogP contribution is 2.38. The number of unbranched alkanes of at least 4 members (excludes halogenated alkanes) is 1. The lowest BCUT2D eigenvalue weighted by Gasteiger charge is -2.19. The molecule has 3 heterocycles. The molecule has 1 fully saturated rings. The van der Waals surface area contributed by atoms with Gasteiger partial charge in [-0.2, -0.15) is 10.4 Å². The molecule has 2 aromatic heterocycles. The molecule has 6 rings (SSSR count). The van der Waals surface area contributed by atoms with E-state index in [-0.39, 0.29) is 25.9 Å². The van der Waals surface area contributed by atoms with Crippen molar-refractivity contribution in [1.82, 2.24) is 25.0 Å². The summed E-state index contributed by atoms with van der Waals surface area (Å²) in [6.07, 6.45) is 7.67. The molecule has 1 aliphatic heterocycles. The normalized spacial score (nSPS) is 14.9. The Labute approximate surface area is 318 Å². The Kier molecular flexibility index (Phi) is 13.0. The number of hydrogen-bond donors (Lipinski definition) is 5. The standard InChI is InChI=1S/C40H44ClN7O6/c1-43-39-28(6-4-8-32(39)31-7-5-9-36-33(31)21-46-48(36)12-3-2-11-47-13-10-30(50)22-47)25-54-38-16-37(53-24-27-14-26(17-42)18-44-19-27)29(15-34(38)41)20-45-35(23-49)40(51)52/h4-9,14-16,18-19,21,30,35,43,45,49-50H,2-3,10-13,20,22-25H2,1H3,(H,51,52)/t30?,35-/m0/s1. The van der Waals surface area contributed by atoms with Crippen molar-refractivity contribution in [2.75, 3.05) is 38.6 Å². The summed E-state index contributed by atoms with van der Waals surface area (Å²) in [6.45, 7) is 3.21. The number of para-hydroxylation sites is 1. The maximum absolute atomic E-state index is 11.5. The van der Waals surface area contributed by atoms with Gasteiger partial charge in [-0.1, -0.05) is 41.9 Å². The smallest absolute Gasteiger partial charge is 0.323 e. The lowest BCUT2D eigenvalue weighted by Crippen LogP contribution is -2.39. The fraction of sp³-hybridized carbons (Fsp3) is 0.350. The molecule has 0 bridgehead atoms. The summed E-state index contributed by atoms with van der Waals surface area (Å²) in [7, 11) is 1.87.